The van der Waals surface area contributed by atoms with Gasteiger partial charge in [0.05, 0.1) is 5.92 Å². The molecule has 0 aromatic heterocycles. The summed E-state index contributed by atoms with van der Waals surface area (Å²) in [5, 5.41) is 21.8. The molecule has 3 rings (SSSR count). The van der Waals surface area contributed by atoms with Crippen LogP contribution in [-0.2, 0) is 22.4 Å². The number of carbonyl (C=O) groups is 3. The first-order valence-electron chi connectivity index (χ1n) is 13.2. The zero-order valence-corrected chi connectivity index (χ0v) is 22.4. The number of hydrogen-bond acceptors (Lipinski definition) is 4. The number of benzene rings is 3. The van der Waals surface area contributed by atoms with Gasteiger partial charge in [0.2, 0.25) is 5.91 Å². The number of hydrogen-bond donors (Lipinski definition) is 4. The molecule has 0 aliphatic heterocycles. The summed E-state index contributed by atoms with van der Waals surface area (Å²) in [6.45, 7) is 4.24. The third-order valence-electron chi connectivity index (χ3n) is 6.52. The second kappa shape index (κ2) is 14.7. The molecule has 4 N–H and O–H groups in total. The van der Waals surface area contributed by atoms with Crippen LogP contribution in [0.25, 0.3) is 11.1 Å². The zero-order valence-electron chi connectivity index (χ0n) is 22.4. The number of carbonyl (C=O) groups excluding carboxylic acids is 2. The van der Waals surface area contributed by atoms with E-state index in [0.29, 0.717) is 19.4 Å². The molecule has 0 heterocycles. The fourth-order valence-corrected chi connectivity index (χ4v) is 4.47. The van der Waals surface area contributed by atoms with Gasteiger partial charge in [0.1, 0.15) is 6.04 Å². The van der Waals surface area contributed by atoms with Crippen molar-refractivity contribution in [1.82, 2.24) is 15.7 Å². The van der Waals surface area contributed by atoms with Crippen LogP contribution in [0.1, 0.15) is 31.4 Å². The van der Waals surface area contributed by atoms with Crippen LogP contribution in [0.15, 0.2) is 84.9 Å². The van der Waals surface area contributed by atoms with Crippen LogP contribution in [-0.4, -0.2) is 52.3 Å². The van der Waals surface area contributed by atoms with Crippen LogP contribution in [0.3, 0.4) is 0 Å². The molecule has 3 aromatic carbocycles. The first-order chi connectivity index (χ1) is 18.8. The zero-order chi connectivity index (χ0) is 28.2. The monoisotopic (exact) mass is 531 g/mol. The molecule has 0 bridgehead atoms. The standard InChI is InChI=1S/C31H37N3O5/c1-22(2)20-34(21-27(29(35)33-39)18-13-23-9-5-3-6-10-23)31(38)32-28(30(36)37)19-24-14-16-26(17-15-24)25-11-7-4-8-12-25/h3-12,14-17,22,27-28,39H,13,18-21H2,1-2H3,(H,32,38)(H,33,35)(H,36,37)/t27-,28-/m0/s1. The molecule has 39 heavy (non-hydrogen) atoms. The van der Waals surface area contributed by atoms with Crippen molar-refractivity contribution in [3.63, 3.8) is 0 Å². The Kier molecular flexibility index (Phi) is 11.1. The van der Waals surface area contributed by atoms with Crippen LogP contribution in [0, 0.1) is 11.8 Å². The van der Waals surface area contributed by atoms with Crippen molar-refractivity contribution in [3.8, 4) is 11.1 Å². The largest absolute Gasteiger partial charge is 0.480 e. The van der Waals surface area contributed by atoms with Gasteiger partial charge in [0, 0.05) is 19.5 Å². The molecule has 0 spiro atoms. The minimum absolute atomic E-state index is 0.0430. The van der Waals surface area contributed by atoms with Gasteiger partial charge >= 0.3 is 12.0 Å². The van der Waals surface area contributed by atoms with Gasteiger partial charge in [-0.05, 0) is 41.0 Å². The van der Waals surface area contributed by atoms with Crippen LogP contribution < -0.4 is 10.8 Å². The highest BCUT2D eigenvalue weighted by Crippen LogP contribution is 2.20. The molecule has 0 unspecified atom stereocenters. The summed E-state index contributed by atoms with van der Waals surface area (Å²) in [5.41, 5.74) is 5.61. The molecular weight excluding hydrogens is 494 g/mol. The van der Waals surface area contributed by atoms with E-state index in [2.05, 4.69) is 5.32 Å². The van der Waals surface area contributed by atoms with E-state index in [0.717, 1.165) is 22.3 Å². The predicted molar refractivity (Wildman–Crippen MR) is 150 cm³/mol. The van der Waals surface area contributed by atoms with Gasteiger partial charge in [-0.3, -0.25) is 10.0 Å². The first-order valence-corrected chi connectivity index (χ1v) is 13.2. The Morgan fingerprint density at radius 2 is 1.38 bits per heavy atom. The highest BCUT2D eigenvalue weighted by Gasteiger charge is 2.28. The van der Waals surface area contributed by atoms with E-state index < -0.39 is 29.9 Å². The van der Waals surface area contributed by atoms with Gasteiger partial charge in [0.15, 0.2) is 0 Å². The number of urea groups is 1. The van der Waals surface area contributed by atoms with Gasteiger partial charge in [0.25, 0.3) is 0 Å². The lowest BCUT2D eigenvalue weighted by Crippen LogP contribution is -2.52. The lowest BCUT2D eigenvalue weighted by Gasteiger charge is -2.29. The summed E-state index contributed by atoms with van der Waals surface area (Å²) >= 11 is 0. The Morgan fingerprint density at radius 1 is 0.795 bits per heavy atom. The Balaban J connectivity index is 1.69. The fourth-order valence-electron chi connectivity index (χ4n) is 4.47. The van der Waals surface area contributed by atoms with Crippen molar-refractivity contribution >= 4 is 17.9 Å². The summed E-state index contributed by atoms with van der Waals surface area (Å²) in [5.74, 6) is -2.32. The predicted octanol–water partition coefficient (Wildman–Crippen LogP) is 4.77. The summed E-state index contributed by atoms with van der Waals surface area (Å²) in [6.07, 6.45) is 1.11. The Morgan fingerprint density at radius 3 is 1.95 bits per heavy atom. The summed E-state index contributed by atoms with van der Waals surface area (Å²) in [7, 11) is 0. The Bertz CT molecular complexity index is 1200. The number of aryl methyl sites for hydroxylation is 1. The molecule has 0 aliphatic rings. The minimum Gasteiger partial charge on any atom is -0.480 e. The molecule has 206 valence electrons. The molecule has 3 amide bonds. The van der Waals surface area contributed by atoms with Crippen molar-refractivity contribution < 1.29 is 24.7 Å². The lowest BCUT2D eigenvalue weighted by molar-refractivity contribution is -0.139. The number of carboxylic acids is 1. The van der Waals surface area contributed by atoms with E-state index in [4.69, 9.17) is 0 Å². The number of carboxylic acid groups (broad SMARTS) is 1. The van der Waals surface area contributed by atoms with Crippen LogP contribution >= 0.6 is 0 Å². The van der Waals surface area contributed by atoms with Gasteiger partial charge in [-0.1, -0.05) is 98.8 Å². The van der Waals surface area contributed by atoms with E-state index in [1.807, 2.05) is 98.8 Å². The maximum atomic E-state index is 13.3. The third kappa shape index (κ3) is 9.26. The molecule has 0 fully saturated rings. The number of amides is 3. The van der Waals surface area contributed by atoms with Gasteiger partial charge < -0.3 is 15.3 Å². The van der Waals surface area contributed by atoms with E-state index in [-0.39, 0.29) is 18.9 Å². The minimum atomic E-state index is -1.15. The average Bonchev–Trinajstić information content (AvgIpc) is 2.95. The summed E-state index contributed by atoms with van der Waals surface area (Å²) in [6, 6.07) is 25.4. The van der Waals surface area contributed by atoms with Gasteiger partial charge in [-0.25, -0.2) is 15.1 Å². The molecule has 2 atom stereocenters. The molecule has 0 saturated carbocycles. The van der Waals surface area contributed by atoms with Crippen molar-refractivity contribution in [3.05, 3.63) is 96.1 Å². The molecule has 0 aliphatic carbocycles. The molecule has 8 heteroatoms. The first kappa shape index (κ1) is 29.4. The smallest absolute Gasteiger partial charge is 0.326 e. The van der Waals surface area contributed by atoms with E-state index in [9.17, 15) is 24.7 Å². The maximum absolute atomic E-state index is 13.3. The maximum Gasteiger partial charge on any atom is 0.326 e. The highest BCUT2D eigenvalue weighted by molar-refractivity contribution is 5.84. The number of hydroxylamine groups is 1. The number of nitrogens with one attached hydrogen (secondary N) is 2. The summed E-state index contributed by atoms with van der Waals surface area (Å²) in [4.78, 5) is 39.3. The van der Waals surface area contributed by atoms with E-state index >= 15 is 0 Å². The highest BCUT2D eigenvalue weighted by atomic mass is 16.5. The number of rotatable bonds is 13. The van der Waals surface area contributed by atoms with Crippen molar-refractivity contribution in [2.75, 3.05) is 13.1 Å². The van der Waals surface area contributed by atoms with E-state index in [1.165, 1.54) is 4.90 Å². The molecule has 8 nitrogen and oxygen atoms in total. The Labute approximate surface area is 229 Å². The van der Waals surface area contributed by atoms with Crippen LogP contribution in [0.2, 0.25) is 0 Å². The quantitative estimate of drug-likeness (QED) is 0.187. The van der Waals surface area contributed by atoms with Crippen LogP contribution in [0.5, 0.6) is 0 Å². The topological polar surface area (TPSA) is 119 Å². The molecular formula is C31H37N3O5. The third-order valence-corrected chi connectivity index (χ3v) is 6.52. The average molecular weight is 532 g/mol. The number of nitrogens with zero attached hydrogens (tertiary/aromatic N) is 1. The molecule has 3 aromatic rings. The molecule has 0 saturated heterocycles. The Hall–Kier alpha value is -4.17. The SMILES string of the molecule is CC(C)CN(C[C@H](CCc1ccccc1)C(=O)NO)C(=O)N[C@@H](Cc1ccc(-c2ccccc2)cc1)C(=O)O. The van der Waals surface area contributed by atoms with Crippen LogP contribution in [0.4, 0.5) is 4.79 Å². The number of aliphatic carboxylic acids is 1. The van der Waals surface area contributed by atoms with Crippen molar-refractivity contribution in [1.29, 1.82) is 0 Å². The second-order valence-electron chi connectivity index (χ2n) is 10.1. The van der Waals surface area contributed by atoms with Crippen molar-refractivity contribution in [2.24, 2.45) is 11.8 Å². The van der Waals surface area contributed by atoms with Gasteiger partial charge in [-0.15, -0.1) is 0 Å². The fraction of sp³-hybridized carbons (Fsp3) is 0.323. The van der Waals surface area contributed by atoms with Crippen molar-refractivity contribution in [2.45, 2.75) is 39.2 Å². The van der Waals surface area contributed by atoms with E-state index in [1.54, 1.807) is 5.48 Å². The lowest BCUT2D eigenvalue weighted by atomic mass is 9.97. The molecule has 0 radical (unpaired) electrons. The second-order valence-corrected chi connectivity index (χ2v) is 10.1. The normalized spacial score (nSPS) is 12.4. The summed E-state index contributed by atoms with van der Waals surface area (Å²) < 4.78 is 0. The van der Waals surface area contributed by atoms with Gasteiger partial charge in [-0.2, -0.15) is 0 Å².